The van der Waals surface area contributed by atoms with Gasteiger partial charge in [0.05, 0.1) is 12.7 Å². The molecular weight excluding hydrogens is 488 g/mol. The number of aromatic nitrogens is 2. The predicted octanol–water partition coefficient (Wildman–Crippen LogP) is 6.10. The summed E-state index contributed by atoms with van der Waals surface area (Å²) in [5.41, 5.74) is 2.96. The maximum Gasteiger partial charge on any atom is 0.294 e. The number of para-hydroxylation sites is 1. The molecule has 1 N–H and O–H groups in total. The maximum absolute atomic E-state index is 13.6. The first kappa shape index (κ1) is 25.5. The number of benzene rings is 4. The minimum Gasteiger partial charge on any atom is -0.453 e. The van der Waals surface area contributed by atoms with Crippen LogP contribution >= 0.6 is 0 Å². The van der Waals surface area contributed by atoms with E-state index in [9.17, 15) is 9.59 Å². The molecule has 39 heavy (non-hydrogen) atoms. The third kappa shape index (κ3) is 6.40. The molecule has 194 valence electrons. The molecule has 7 nitrogen and oxygen atoms in total. The monoisotopic (exact) mass is 516 g/mol. The summed E-state index contributed by atoms with van der Waals surface area (Å²) in [5.74, 6) is 0.738. The molecule has 0 spiro atoms. The molecule has 0 radical (unpaired) electrons. The summed E-state index contributed by atoms with van der Waals surface area (Å²) in [6, 6.07) is 35.8. The van der Waals surface area contributed by atoms with Gasteiger partial charge < -0.3 is 15.0 Å². The average molecular weight is 517 g/mol. The van der Waals surface area contributed by atoms with E-state index < -0.39 is 0 Å². The fourth-order valence-corrected chi connectivity index (χ4v) is 4.17. The van der Waals surface area contributed by atoms with Gasteiger partial charge in [0.25, 0.3) is 11.5 Å². The van der Waals surface area contributed by atoms with Gasteiger partial charge in [-0.25, -0.2) is 4.68 Å². The predicted molar refractivity (Wildman–Crippen MR) is 153 cm³/mol. The van der Waals surface area contributed by atoms with Crippen molar-refractivity contribution in [2.45, 2.75) is 13.1 Å². The minimum absolute atomic E-state index is 0.125. The first-order valence-electron chi connectivity index (χ1n) is 12.6. The molecule has 1 amide bonds. The molecule has 0 saturated heterocycles. The Kier molecular flexibility index (Phi) is 7.79. The van der Waals surface area contributed by atoms with Crippen molar-refractivity contribution in [2.75, 3.05) is 12.4 Å². The highest BCUT2D eigenvalue weighted by Crippen LogP contribution is 2.29. The van der Waals surface area contributed by atoms with Crippen LogP contribution in [0, 0.1) is 0 Å². The van der Waals surface area contributed by atoms with Gasteiger partial charge in [0.1, 0.15) is 5.75 Å². The Bertz CT molecular complexity index is 1600. The van der Waals surface area contributed by atoms with Crippen LogP contribution < -0.4 is 15.6 Å². The summed E-state index contributed by atoms with van der Waals surface area (Å²) in [4.78, 5) is 28.4. The molecule has 1 heterocycles. The lowest BCUT2D eigenvalue weighted by molar-refractivity contribution is 0.0785. The van der Waals surface area contributed by atoms with Crippen LogP contribution in [0.5, 0.6) is 11.5 Å². The Morgan fingerprint density at radius 3 is 2.18 bits per heavy atom. The van der Waals surface area contributed by atoms with Gasteiger partial charge >= 0.3 is 0 Å². The summed E-state index contributed by atoms with van der Waals surface area (Å²) in [6.07, 6.45) is 1.53. The highest BCUT2D eigenvalue weighted by Gasteiger charge is 2.17. The Morgan fingerprint density at radius 2 is 1.49 bits per heavy atom. The van der Waals surface area contributed by atoms with E-state index in [0.29, 0.717) is 30.1 Å². The quantitative estimate of drug-likeness (QED) is 0.256. The zero-order chi connectivity index (χ0) is 27.0. The van der Waals surface area contributed by atoms with E-state index in [2.05, 4.69) is 10.4 Å². The van der Waals surface area contributed by atoms with Gasteiger partial charge in [-0.1, -0.05) is 84.9 Å². The Morgan fingerprint density at radius 1 is 0.846 bits per heavy atom. The van der Waals surface area contributed by atoms with Crippen molar-refractivity contribution in [1.82, 2.24) is 14.7 Å². The second-order valence-electron chi connectivity index (χ2n) is 9.10. The number of carbonyl (C=O) groups is 1. The first-order chi connectivity index (χ1) is 19.1. The zero-order valence-corrected chi connectivity index (χ0v) is 21.5. The Hall–Kier alpha value is -5.17. The topological polar surface area (TPSA) is 76.5 Å². The van der Waals surface area contributed by atoms with Crippen molar-refractivity contribution in [2.24, 2.45) is 0 Å². The number of ether oxygens (including phenoxy) is 1. The second kappa shape index (κ2) is 11.9. The molecule has 0 saturated carbocycles. The summed E-state index contributed by atoms with van der Waals surface area (Å²) in [6.45, 7) is 0.795. The van der Waals surface area contributed by atoms with Crippen LogP contribution in [0.3, 0.4) is 0 Å². The number of rotatable bonds is 9. The summed E-state index contributed by atoms with van der Waals surface area (Å²) < 4.78 is 7.42. The maximum atomic E-state index is 13.6. The van der Waals surface area contributed by atoms with Crippen LogP contribution in [0.1, 0.15) is 21.5 Å². The van der Waals surface area contributed by atoms with Crippen LogP contribution in [0.2, 0.25) is 0 Å². The third-order valence-corrected chi connectivity index (χ3v) is 6.14. The van der Waals surface area contributed by atoms with Crippen molar-refractivity contribution in [3.05, 3.63) is 149 Å². The zero-order valence-electron chi connectivity index (χ0n) is 21.5. The molecule has 4 aromatic carbocycles. The molecule has 0 atom stereocenters. The molecule has 0 bridgehead atoms. The van der Waals surface area contributed by atoms with Crippen molar-refractivity contribution >= 4 is 17.3 Å². The van der Waals surface area contributed by atoms with E-state index >= 15 is 0 Å². The fourth-order valence-electron chi connectivity index (χ4n) is 4.17. The highest BCUT2D eigenvalue weighted by atomic mass is 16.5. The number of carbonyl (C=O) groups excluding carboxylic acids is 1. The van der Waals surface area contributed by atoms with E-state index in [4.69, 9.17) is 4.74 Å². The standard InChI is InChI=1S/C32H28N4O3/c1-35(22-24-12-5-2-6-13-24)31(37)26-16-11-17-27(20-26)34-30-29(39-28-18-9-4-10-19-28)21-33-36(32(30)38)23-25-14-7-3-8-15-25/h2-21,34H,22-23H2,1H3. The second-order valence-corrected chi connectivity index (χ2v) is 9.10. The molecule has 0 fully saturated rings. The number of hydrogen-bond acceptors (Lipinski definition) is 5. The largest absolute Gasteiger partial charge is 0.453 e. The number of nitrogens with one attached hydrogen (secondary N) is 1. The SMILES string of the molecule is CN(Cc1ccccc1)C(=O)c1cccc(Nc2c(Oc3ccccc3)cnn(Cc3ccccc3)c2=O)c1. The first-order valence-corrected chi connectivity index (χ1v) is 12.6. The highest BCUT2D eigenvalue weighted by molar-refractivity contribution is 5.95. The summed E-state index contributed by atoms with van der Waals surface area (Å²) in [5, 5.41) is 7.56. The van der Waals surface area contributed by atoms with E-state index in [0.717, 1.165) is 11.1 Å². The molecule has 5 aromatic rings. The summed E-state index contributed by atoms with van der Waals surface area (Å²) in [7, 11) is 1.77. The lowest BCUT2D eigenvalue weighted by Crippen LogP contribution is -2.27. The molecular formula is C32H28N4O3. The number of anilines is 2. The molecule has 0 unspecified atom stereocenters. The lowest BCUT2D eigenvalue weighted by atomic mass is 10.1. The smallest absolute Gasteiger partial charge is 0.294 e. The number of hydrogen-bond donors (Lipinski definition) is 1. The Labute approximate surface area is 226 Å². The molecule has 0 aliphatic heterocycles. The van der Waals surface area contributed by atoms with Crippen molar-refractivity contribution in [1.29, 1.82) is 0 Å². The molecule has 0 aliphatic rings. The normalized spacial score (nSPS) is 10.6. The number of nitrogens with zero attached hydrogens (tertiary/aromatic N) is 3. The van der Waals surface area contributed by atoms with E-state index in [1.54, 1.807) is 42.3 Å². The van der Waals surface area contributed by atoms with Crippen LogP contribution in [-0.4, -0.2) is 27.6 Å². The lowest BCUT2D eigenvalue weighted by Gasteiger charge is -2.18. The van der Waals surface area contributed by atoms with Gasteiger partial charge in [-0.15, -0.1) is 0 Å². The van der Waals surface area contributed by atoms with Gasteiger partial charge in [-0.3, -0.25) is 9.59 Å². The van der Waals surface area contributed by atoms with Gasteiger partial charge in [-0.05, 0) is 41.5 Å². The fraction of sp³-hybridized carbons (Fsp3) is 0.0938. The van der Waals surface area contributed by atoms with E-state index in [-0.39, 0.29) is 22.9 Å². The third-order valence-electron chi connectivity index (χ3n) is 6.14. The van der Waals surface area contributed by atoms with Crippen LogP contribution in [0.25, 0.3) is 0 Å². The van der Waals surface area contributed by atoms with Gasteiger partial charge in [-0.2, -0.15) is 5.10 Å². The average Bonchev–Trinajstić information content (AvgIpc) is 2.98. The molecule has 0 aliphatic carbocycles. The Balaban J connectivity index is 1.44. The minimum atomic E-state index is -0.342. The van der Waals surface area contributed by atoms with Crippen LogP contribution in [0.15, 0.2) is 126 Å². The van der Waals surface area contributed by atoms with Crippen molar-refractivity contribution in [3.63, 3.8) is 0 Å². The summed E-state index contributed by atoms with van der Waals surface area (Å²) >= 11 is 0. The van der Waals surface area contributed by atoms with Crippen molar-refractivity contribution in [3.8, 4) is 11.5 Å². The van der Waals surface area contributed by atoms with E-state index in [1.807, 2.05) is 84.9 Å². The van der Waals surface area contributed by atoms with Gasteiger partial charge in [0.2, 0.25) is 0 Å². The molecule has 5 rings (SSSR count). The van der Waals surface area contributed by atoms with Crippen LogP contribution in [-0.2, 0) is 13.1 Å². The van der Waals surface area contributed by atoms with Crippen LogP contribution in [0.4, 0.5) is 11.4 Å². The number of amides is 1. The molecule has 7 heteroatoms. The van der Waals surface area contributed by atoms with Gasteiger partial charge in [0, 0.05) is 24.8 Å². The van der Waals surface area contributed by atoms with Crippen molar-refractivity contribution < 1.29 is 9.53 Å². The molecule has 1 aromatic heterocycles. The van der Waals surface area contributed by atoms with E-state index in [1.165, 1.54) is 10.9 Å². The van der Waals surface area contributed by atoms with Gasteiger partial charge in [0.15, 0.2) is 11.4 Å².